The first-order valence-electron chi connectivity index (χ1n) is 12.1. The second kappa shape index (κ2) is 9.41. The molecule has 0 spiro atoms. The van der Waals surface area contributed by atoms with E-state index in [2.05, 4.69) is 28.3 Å². The van der Waals surface area contributed by atoms with Crippen LogP contribution in [-0.2, 0) is 12.7 Å². The number of nitrogens with zero attached hydrogens (tertiary/aromatic N) is 3. The van der Waals surface area contributed by atoms with Crippen LogP contribution in [0.5, 0.6) is 0 Å². The Morgan fingerprint density at radius 2 is 1.86 bits per heavy atom. The van der Waals surface area contributed by atoms with Crippen LogP contribution < -0.4 is 5.32 Å². The summed E-state index contributed by atoms with van der Waals surface area (Å²) in [6, 6.07) is 15.3. The van der Waals surface area contributed by atoms with E-state index in [9.17, 15) is 18.0 Å². The zero-order chi connectivity index (χ0) is 25.4. The monoisotopic (exact) mass is 492 g/mol. The fourth-order valence-electron chi connectivity index (χ4n) is 4.80. The van der Waals surface area contributed by atoms with Crippen LogP contribution >= 0.6 is 0 Å². The second-order valence-electron chi connectivity index (χ2n) is 9.59. The Labute approximate surface area is 207 Å². The zero-order valence-electron chi connectivity index (χ0n) is 20.1. The summed E-state index contributed by atoms with van der Waals surface area (Å²) < 4.78 is 41.4. The van der Waals surface area contributed by atoms with E-state index in [1.54, 1.807) is 0 Å². The number of benzene rings is 2. The molecule has 0 bridgehead atoms. The number of halogens is 3. The SMILES string of the molecule is Cc1cccc(-c2cc3nc(C=O)nc(N[C@H](C)C4CCC4)c3n2Cc2ccc(C(F)(F)F)cc2)c1. The van der Waals surface area contributed by atoms with Crippen molar-refractivity contribution in [2.75, 3.05) is 5.32 Å². The molecule has 186 valence electrons. The molecular weight excluding hydrogens is 465 g/mol. The molecule has 2 heterocycles. The number of hydrogen-bond donors (Lipinski definition) is 1. The molecule has 0 aliphatic heterocycles. The molecule has 0 radical (unpaired) electrons. The molecule has 8 heteroatoms. The van der Waals surface area contributed by atoms with Crippen molar-refractivity contribution in [1.82, 2.24) is 14.5 Å². The minimum absolute atomic E-state index is 0.0910. The van der Waals surface area contributed by atoms with Crippen molar-refractivity contribution in [1.29, 1.82) is 0 Å². The van der Waals surface area contributed by atoms with Gasteiger partial charge in [0.15, 0.2) is 17.9 Å². The van der Waals surface area contributed by atoms with Gasteiger partial charge in [-0.3, -0.25) is 4.79 Å². The molecule has 2 aromatic heterocycles. The van der Waals surface area contributed by atoms with Gasteiger partial charge in [-0.25, -0.2) is 9.97 Å². The molecule has 36 heavy (non-hydrogen) atoms. The predicted octanol–water partition coefficient (Wildman–Crippen LogP) is 6.89. The highest BCUT2D eigenvalue weighted by Crippen LogP contribution is 2.36. The maximum absolute atomic E-state index is 13.1. The van der Waals surface area contributed by atoms with Gasteiger partial charge in [-0.15, -0.1) is 0 Å². The second-order valence-corrected chi connectivity index (χ2v) is 9.59. The van der Waals surface area contributed by atoms with Gasteiger partial charge in [0.25, 0.3) is 0 Å². The highest BCUT2D eigenvalue weighted by atomic mass is 19.4. The van der Waals surface area contributed by atoms with Crippen molar-refractivity contribution in [3.63, 3.8) is 0 Å². The van der Waals surface area contributed by atoms with E-state index in [0.717, 1.165) is 47.3 Å². The number of aryl methyl sites for hydroxylation is 1. The van der Waals surface area contributed by atoms with Gasteiger partial charge < -0.3 is 9.88 Å². The van der Waals surface area contributed by atoms with Crippen LogP contribution in [0.2, 0.25) is 0 Å². The molecular formula is C28H27F3N4O. The van der Waals surface area contributed by atoms with Crippen LogP contribution in [0.15, 0.2) is 54.6 Å². The third-order valence-corrected chi connectivity index (χ3v) is 7.02. The van der Waals surface area contributed by atoms with E-state index in [1.165, 1.54) is 18.6 Å². The van der Waals surface area contributed by atoms with Gasteiger partial charge in [-0.1, -0.05) is 42.3 Å². The summed E-state index contributed by atoms with van der Waals surface area (Å²) in [5.41, 5.74) is 4.25. The summed E-state index contributed by atoms with van der Waals surface area (Å²) in [4.78, 5) is 20.6. The number of rotatable bonds is 7. The fourth-order valence-corrected chi connectivity index (χ4v) is 4.80. The van der Waals surface area contributed by atoms with Crippen molar-refractivity contribution >= 4 is 23.1 Å². The average molecular weight is 493 g/mol. The van der Waals surface area contributed by atoms with Crippen molar-refractivity contribution in [3.05, 3.63) is 77.1 Å². The number of aldehydes is 1. The average Bonchev–Trinajstić information content (AvgIpc) is 3.16. The van der Waals surface area contributed by atoms with Crippen LogP contribution in [0.1, 0.15) is 53.5 Å². The minimum Gasteiger partial charge on any atom is -0.365 e. The van der Waals surface area contributed by atoms with E-state index in [-0.39, 0.29) is 11.9 Å². The Hall–Kier alpha value is -3.68. The van der Waals surface area contributed by atoms with E-state index in [0.29, 0.717) is 35.6 Å². The maximum atomic E-state index is 13.1. The summed E-state index contributed by atoms with van der Waals surface area (Å²) in [6.45, 7) is 4.44. The summed E-state index contributed by atoms with van der Waals surface area (Å²) >= 11 is 0. The number of carbonyl (C=O) groups is 1. The van der Waals surface area contributed by atoms with E-state index >= 15 is 0 Å². The van der Waals surface area contributed by atoms with Gasteiger partial charge in [0.05, 0.1) is 16.8 Å². The van der Waals surface area contributed by atoms with Gasteiger partial charge >= 0.3 is 6.18 Å². The van der Waals surface area contributed by atoms with Gasteiger partial charge in [-0.2, -0.15) is 13.2 Å². The maximum Gasteiger partial charge on any atom is 0.416 e. The zero-order valence-corrected chi connectivity index (χ0v) is 20.1. The molecule has 0 saturated heterocycles. The van der Waals surface area contributed by atoms with Crippen molar-refractivity contribution in [2.45, 2.75) is 51.9 Å². The number of aromatic nitrogens is 3. The molecule has 5 nitrogen and oxygen atoms in total. The number of alkyl halides is 3. The molecule has 1 fully saturated rings. The first-order valence-corrected chi connectivity index (χ1v) is 12.1. The third kappa shape index (κ3) is 4.72. The number of fused-ring (bicyclic) bond motifs is 1. The van der Waals surface area contributed by atoms with Crippen molar-refractivity contribution < 1.29 is 18.0 Å². The van der Waals surface area contributed by atoms with Crippen LogP contribution in [0.25, 0.3) is 22.3 Å². The summed E-state index contributed by atoms with van der Waals surface area (Å²) in [7, 11) is 0. The highest BCUT2D eigenvalue weighted by molar-refractivity contribution is 5.93. The quantitative estimate of drug-likeness (QED) is 0.286. The topological polar surface area (TPSA) is 59.8 Å². The van der Waals surface area contributed by atoms with Gasteiger partial charge in [-0.05, 0) is 68.0 Å². The minimum atomic E-state index is -4.39. The van der Waals surface area contributed by atoms with Gasteiger partial charge in [0, 0.05) is 12.6 Å². The first kappa shape index (κ1) is 24.0. The first-order chi connectivity index (χ1) is 17.2. The van der Waals surface area contributed by atoms with Gasteiger partial charge in [0.1, 0.15) is 5.52 Å². The Bertz CT molecular complexity index is 1410. The molecule has 2 aromatic carbocycles. The number of nitrogens with one attached hydrogen (secondary N) is 1. The van der Waals surface area contributed by atoms with Crippen LogP contribution in [0.3, 0.4) is 0 Å². The standard InChI is InChI=1S/C28H27F3N4O/c1-17-5-3-8-21(13-17)24-14-23-26(35(24)15-19-9-11-22(12-10-19)28(29,30)31)27(34-25(16-36)33-23)32-18(2)20-6-4-7-20/h3,5,8-14,16,18,20H,4,6-7,15H2,1-2H3,(H,32,33,34)/t18-/m1/s1. The number of anilines is 1. The number of hydrogen-bond acceptors (Lipinski definition) is 4. The van der Waals surface area contributed by atoms with Crippen molar-refractivity contribution in [3.8, 4) is 11.3 Å². The molecule has 1 saturated carbocycles. The lowest BCUT2D eigenvalue weighted by atomic mass is 9.80. The summed E-state index contributed by atoms with van der Waals surface area (Å²) in [5.74, 6) is 1.19. The van der Waals surface area contributed by atoms with Gasteiger partial charge in [0.2, 0.25) is 0 Å². The molecule has 4 aromatic rings. The van der Waals surface area contributed by atoms with Crippen LogP contribution in [0.4, 0.5) is 19.0 Å². The van der Waals surface area contributed by atoms with E-state index in [4.69, 9.17) is 0 Å². The van der Waals surface area contributed by atoms with E-state index in [1.807, 2.05) is 35.8 Å². The summed E-state index contributed by atoms with van der Waals surface area (Å²) in [5, 5.41) is 3.51. The van der Waals surface area contributed by atoms with E-state index < -0.39 is 11.7 Å². The molecule has 1 N–H and O–H groups in total. The smallest absolute Gasteiger partial charge is 0.365 e. The molecule has 0 amide bonds. The fraction of sp³-hybridized carbons (Fsp3) is 0.321. The number of carbonyl (C=O) groups excluding carboxylic acids is 1. The van der Waals surface area contributed by atoms with Crippen LogP contribution in [0, 0.1) is 12.8 Å². The molecule has 0 unspecified atom stereocenters. The third-order valence-electron chi connectivity index (χ3n) is 7.02. The Morgan fingerprint density at radius 1 is 1.11 bits per heavy atom. The Morgan fingerprint density at radius 3 is 2.47 bits per heavy atom. The molecule has 1 aliphatic carbocycles. The molecule has 1 aliphatic rings. The summed E-state index contributed by atoms with van der Waals surface area (Å²) in [6.07, 6.45) is -0.261. The van der Waals surface area contributed by atoms with Crippen molar-refractivity contribution in [2.24, 2.45) is 5.92 Å². The molecule has 1 atom stereocenters. The lowest BCUT2D eigenvalue weighted by Crippen LogP contribution is -2.31. The Balaban J connectivity index is 1.66. The van der Waals surface area contributed by atoms with Crippen LogP contribution in [-0.4, -0.2) is 26.9 Å². The lowest BCUT2D eigenvalue weighted by molar-refractivity contribution is -0.137. The highest BCUT2D eigenvalue weighted by Gasteiger charge is 2.30. The predicted molar refractivity (Wildman–Crippen MR) is 134 cm³/mol. The normalized spacial score (nSPS) is 15.0. The Kier molecular flexibility index (Phi) is 6.28. The lowest BCUT2D eigenvalue weighted by Gasteiger charge is -2.32. The molecule has 5 rings (SSSR count). The largest absolute Gasteiger partial charge is 0.416 e.